The molecule has 1 aliphatic rings. The van der Waals surface area contributed by atoms with Gasteiger partial charge in [0, 0.05) is 26.2 Å². The Labute approximate surface area is 134 Å². The average Bonchev–Trinajstić information content (AvgIpc) is 3.18. The van der Waals surface area contributed by atoms with Crippen LogP contribution in [0.1, 0.15) is 28.0 Å². The lowest BCUT2D eigenvalue weighted by atomic mass is 10.3. The van der Waals surface area contributed by atoms with Crippen LogP contribution in [0.2, 0.25) is 0 Å². The molecule has 8 heteroatoms. The molecule has 0 aromatic carbocycles. The molecule has 124 valence electrons. The van der Waals surface area contributed by atoms with E-state index in [0.717, 1.165) is 31.9 Å². The Kier molecular flexibility index (Phi) is 4.73. The highest BCUT2D eigenvalue weighted by molar-refractivity contribution is 5.86. The molecule has 2 aromatic heterocycles. The zero-order valence-corrected chi connectivity index (χ0v) is 13.3. The Morgan fingerprint density at radius 3 is 2.52 bits per heavy atom. The van der Waals surface area contributed by atoms with E-state index >= 15 is 0 Å². The van der Waals surface area contributed by atoms with E-state index in [-0.39, 0.29) is 5.76 Å². The Hall–Kier alpha value is -2.19. The van der Waals surface area contributed by atoms with E-state index in [4.69, 9.17) is 8.94 Å². The summed E-state index contributed by atoms with van der Waals surface area (Å²) in [5, 5.41) is 3.80. The summed E-state index contributed by atoms with van der Waals surface area (Å²) in [7, 11) is 1.34. The molecular weight excluding hydrogens is 300 g/mol. The van der Waals surface area contributed by atoms with Gasteiger partial charge in [-0.25, -0.2) is 4.79 Å². The van der Waals surface area contributed by atoms with Crippen LogP contribution in [0.3, 0.4) is 0 Å². The lowest BCUT2D eigenvalue weighted by Crippen LogP contribution is -2.45. The van der Waals surface area contributed by atoms with Crippen molar-refractivity contribution in [2.24, 2.45) is 0 Å². The number of furan rings is 1. The fourth-order valence-corrected chi connectivity index (χ4v) is 2.59. The van der Waals surface area contributed by atoms with Crippen molar-refractivity contribution in [2.45, 2.75) is 20.0 Å². The van der Waals surface area contributed by atoms with Gasteiger partial charge in [0.25, 0.3) is 0 Å². The highest BCUT2D eigenvalue weighted by Gasteiger charge is 2.20. The van der Waals surface area contributed by atoms with Gasteiger partial charge in [0.2, 0.25) is 11.7 Å². The van der Waals surface area contributed by atoms with Crippen LogP contribution in [0.15, 0.2) is 21.1 Å². The van der Waals surface area contributed by atoms with Crippen molar-refractivity contribution in [3.63, 3.8) is 0 Å². The van der Waals surface area contributed by atoms with Crippen molar-refractivity contribution >= 4 is 5.97 Å². The second-order valence-corrected chi connectivity index (χ2v) is 5.55. The first kappa shape index (κ1) is 15.7. The van der Waals surface area contributed by atoms with E-state index in [1.807, 2.05) is 13.0 Å². The quantitative estimate of drug-likeness (QED) is 0.757. The second-order valence-electron chi connectivity index (χ2n) is 5.55. The average molecular weight is 320 g/mol. The first-order chi connectivity index (χ1) is 11.1. The lowest BCUT2D eigenvalue weighted by Gasteiger charge is -2.33. The maximum absolute atomic E-state index is 11.4. The highest BCUT2D eigenvalue weighted by atomic mass is 16.5. The number of nitrogens with zero attached hydrogens (tertiary/aromatic N) is 4. The summed E-state index contributed by atoms with van der Waals surface area (Å²) in [5.41, 5.74) is 0. The molecule has 0 atom stereocenters. The maximum Gasteiger partial charge on any atom is 0.373 e. The predicted molar refractivity (Wildman–Crippen MR) is 79.6 cm³/mol. The number of rotatable bonds is 5. The third-order valence-corrected chi connectivity index (χ3v) is 3.82. The van der Waals surface area contributed by atoms with Crippen molar-refractivity contribution in [1.29, 1.82) is 0 Å². The Bertz CT molecular complexity index is 658. The number of esters is 1. The monoisotopic (exact) mass is 320 g/mol. The summed E-state index contributed by atoms with van der Waals surface area (Å²) in [4.78, 5) is 20.2. The molecule has 0 amide bonds. The molecule has 1 fully saturated rings. The summed E-state index contributed by atoms with van der Waals surface area (Å²) < 4.78 is 15.3. The number of aryl methyl sites for hydroxylation is 1. The van der Waals surface area contributed by atoms with Gasteiger partial charge in [0.1, 0.15) is 5.76 Å². The number of aromatic nitrogens is 2. The van der Waals surface area contributed by atoms with Gasteiger partial charge in [0.05, 0.1) is 20.2 Å². The molecule has 23 heavy (non-hydrogen) atoms. The Balaban J connectivity index is 1.47. The van der Waals surface area contributed by atoms with E-state index in [1.54, 1.807) is 6.07 Å². The normalized spacial score (nSPS) is 16.6. The van der Waals surface area contributed by atoms with Crippen LogP contribution in [-0.2, 0) is 17.8 Å². The topological polar surface area (TPSA) is 84.8 Å². The number of carbonyl (C=O) groups is 1. The molecule has 2 aromatic rings. The number of hydrogen-bond acceptors (Lipinski definition) is 8. The summed E-state index contributed by atoms with van der Waals surface area (Å²) in [6, 6.07) is 3.47. The molecule has 0 saturated carbocycles. The third kappa shape index (κ3) is 3.96. The minimum Gasteiger partial charge on any atom is -0.463 e. The number of ether oxygens (including phenoxy) is 1. The van der Waals surface area contributed by atoms with E-state index in [1.165, 1.54) is 7.11 Å². The highest BCUT2D eigenvalue weighted by Crippen LogP contribution is 2.14. The first-order valence-electron chi connectivity index (χ1n) is 7.55. The van der Waals surface area contributed by atoms with Gasteiger partial charge in [0.15, 0.2) is 5.82 Å². The molecule has 0 N–H and O–H groups in total. The predicted octanol–water partition coefficient (Wildman–Crippen LogP) is 1.08. The van der Waals surface area contributed by atoms with Crippen molar-refractivity contribution in [1.82, 2.24) is 19.9 Å². The molecule has 0 unspecified atom stereocenters. The zero-order valence-electron chi connectivity index (χ0n) is 13.3. The fraction of sp³-hybridized carbons (Fsp3) is 0.533. The minimum atomic E-state index is -0.448. The molecule has 8 nitrogen and oxygen atoms in total. The summed E-state index contributed by atoms with van der Waals surface area (Å²) >= 11 is 0. The minimum absolute atomic E-state index is 0.243. The number of methoxy groups -OCH3 is 1. The molecule has 3 heterocycles. The van der Waals surface area contributed by atoms with E-state index < -0.39 is 5.97 Å². The first-order valence-corrected chi connectivity index (χ1v) is 7.55. The van der Waals surface area contributed by atoms with Crippen molar-refractivity contribution in [3.05, 3.63) is 35.4 Å². The van der Waals surface area contributed by atoms with Gasteiger partial charge < -0.3 is 13.7 Å². The molecule has 3 rings (SSSR count). The summed E-state index contributed by atoms with van der Waals surface area (Å²) in [5.74, 6) is 1.89. The van der Waals surface area contributed by atoms with Crippen molar-refractivity contribution < 1.29 is 18.5 Å². The van der Waals surface area contributed by atoms with Gasteiger partial charge in [-0.05, 0) is 19.1 Å². The second kappa shape index (κ2) is 6.93. The van der Waals surface area contributed by atoms with Crippen LogP contribution in [0.5, 0.6) is 0 Å². The van der Waals surface area contributed by atoms with Gasteiger partial charge in [-0.3, -0.25) is 9.80 Å². The van der Waals surface area contributed by atoms with Crippen LogP contribution < -0.4 is 0 Å². The SMILES string of the molecule is COC(=O)c1ccc(CN2CCN(Cc3nc(C)no3)CC2)o1. The van der Waals surface area contributed by atoms with Crippen LogP contribution >= 0.6 is 0 Å². The van der Waals surface area contributed by atoms with Gasteiger partial charge >= 0.3 is 5.97 Å². The standard InChI is InChI=1S/C15H20N4O4/c1-11-16-14(23-17-11)10-19-7-5-18(6-8-19)9-12-3-4-13(22-12)15(20)21-2/h3-4H,5-10H2,1-2H3. The Morgan fingerprint density at radius 2 is 1.91 bits per heavy atom. The number of piperazine rings is 1. The van der Waals surface area contributed by atoms with Crippen LogP contribution in [-0.4, -0.2) is 59.2 Å². The van der Waals surface area contributed by atoms with Crippen LogP contribution in [0.25, 0.3) is 0 Å². The van der Waals surface area contributed by atoms with Gasteiger partial charge in [-0.1, -0.05) is 5.16 Å². The van der Waals surface area contributed by atoms with Crippen LogP contribution in [0, 0.1) is 6.92 Å². The Morgan fingerprint density at radius 1 is 1.22 bits per heavy atom. The number of hydrogen-bond donors (Lipinski definition) is 0. The van der Waals surface area contributed by atoms with E-state index in [2.05, 4.69) is 24.7 Å². The molecule has 0 radical (unpaired) electrons. The largest absolute Gasteiger partial charge is 0.463 e. The van der Waals surface area contributed by atoms with Crippen molar-refractivity contribution in [2.75, 3.05) is 33.3 Å². The molecule has 0 spiro atoms. The fourth-order valence-electron chi connectivity index (χ4n) is 2.59. The zero-order chi connectivity index (χ0) is 16.2. The molecular formula is C15H20N4O4. The van der Waals surface area contributed by atoms with Crippen molar-refractivity contribution in [3.8, 4) is 0 Å². The molecule has 0 bridgehead atoms. The third-order valence-electron chi connectivity index (χ3n) is 3.82. The van der Waals surface area contributed by atoms with Gasteiger partial charge in [-0.2, -0.15) is 4.98 Å². The molecule has 1 aliphatic heterocycles. The maximum atomic E-state index is 11.4. The van der Waals surface area contributed by atoms with E-state index in [9.17, 15) is 4.79 Å². The van der Waals surface area contributed by atoms with Crippen LogP contribution in [0.4, 0.5) is 0 Å². The van der Waals surface area contributed by atoms with Gasteiger partial charge in [-0.15, -0.1) is 0 Å². The number of carbonyl (C=O) groups excluding carboxylic acids is 1. The molecule has 1 saturated heterocycles. The molecule has 0 aliphatic carbocycles. The summed E-state index contributed by atoms with van der Waals surface area (Å²) in [6.45, 7) is 6.87. The van der Waals surface area contributed by atoms with E-state index in [0.29, 0.717) is 24.8 Å². The lowest BCUT2D eigenvalue weighted by molar-refractivity contribution is 0.0558. The smallest absolute Gasteiger partial charge is 0.373 e. The summed E-state index contributed by atoms with van der Waals surface area (Å²) in [6.07, 6.45) is 0.